The van der Waals surface area contributed by atoms with Crippen LogP contribution in [-0.4, -0.2) is 18.6 Å². The van der Waals surface area contributed by atoms with Gasteiger partial charge in [0.2, 0.25) is 0 Å². The van der Waals surface area contributed by atoms with Crippen LogP contribution in [0.25, 0.3) is 0 Å². The summed E-state index contributed by atoms with van der Waals surface area (Å²) in [5.41, 5.74) is 3.99. The summed E-state index contributed by atoms with van der Waals surface area (Å²) >= 11 is 0. The molecule has 1 aliphatic heterocycles. The van der Waals surface area contributed by atoms with Crippen LogP contribution in [0, 0.1) is 0 Å². The predicted molar refractivity (Wildman–Crippen MR) is 83.5 cm³/mol. The molecule has 1 N–H and O–H groups in total. The first-order valence-corrected chi connectivity index (χ1v) is 7.29. The number of aromatic nitrogens is 1. The Bertz CT molecular complexity index is 594. The van der Waals surface area contributed by atoms with Gasteiger partial charge in [0.15, 0.2) is 0 Å². The molecule has 0 spiro atoms. The Morgan fingerprint density at radius 1 is 1.20 bits per heavy atom. The van der Waals surface area contributed by atoms with Gasteiger partial charge in [-0.15, -0.1) is 0 Å². The third-order valence-corrected chi connectivity index (χ3v) is 4.08. The van der Waals surface area contributed by atoms with E-state index in [0.29, 0.717) is 6.04 Å². The van der Waals surface area contributed by atoms with E-state index in [1.54, 1.807) is 0 Å². The zero-order valence-corrected chi connectivity index (χ0v) is 12.1. The summed E-state index contributed by atoms with van der Waals surface area (Å²) in [6, 6.07) is 13.2. The van der Waals surface area contributed by atoms with Gasteiger partial charge in [0.05, 0.1) is 0 Å². The summed E-state index contributed by atoms with van der Waals surface area (Å²) in [6.07, 6.45) is 4.23. The van der Waals surface area contributed by atoms with Crippen LogP contribution in [0.3, 0.4) is 0 Å². The van der Waals surface area contributed by atoms with Crippen molar-refractivity contribution in [2.24, 2.45) is 0 Å². The lowest BCUT2D eigenvalue weighted by molar-refractivity contribution is 0.644. The van der Waals surface area contributed by atoms with Crippen molar-refractivity contribution in [3.05, 3.63) is 53.7 Å². The first kappa shape index (κ1) is 13.1. The number of anilines is 2. The fraction of sp³-hybridized carbons (Fsp3) is 0.353. The van der Waals surface area contributed by atoms with Crippen molar-refractivity contribution >= 4 is 11.5 Å². The van der Waals surface area contributed by atoms with Crippen molar-refractivity contribution in [3.8, 4) is 0 Å². The van der Waals surface area contributed by atoms with Crippen LogP contribution in [0.15, 0.2) is 42.6 Å². The monoisotopic (exact) mass is 267 g/mol. The summed E-state index contributed by atoms with van der Waals surface area (Å²) in [7, 11) is 1.99. The predicted octanol–water partition coefficient (Wildman–Crippen LogP) is 3.45. The van der Waals surface area contributed by atoms with Crippen molar-refractivity contribution in [2.75, 3.05) is 18.5 Å². The third kappa shape index (κ3) is 2.29. The normalized spacial score (nSPS) is 15.8. The molecule has 3 heteroatoms. The van der Waals surface area contributed by atoms with Crippen molar-refractivity contribution in [1.82, 2.24) is 10.3 Å². The molecular formula is C17H21N3. The van der Waals surface area contributed by atoms with Crippen LogP contribution in [0.1, 0.15) is 30.5 Å². The van der Waals surface area contributed by atoms with Gasteiger partial charge in [-0.3, -0.25) is 0 Å². The lowest BCUT2D eigenvalue weighted by Gasteiger charge is -2.32. The topological polar surface area (TPSA) is 28.2 Å². The van der Waals surface area contributed by atoms with Crippen LogP contribution in [0.4, 0.5) is 11.5 Å². The highest BCUT2D eigenvalue weighted by Gasteiger charge is 2.22. The molecule has 2 heterocycles. The number of nitrogens with zero attached hydrogens (tertiary/aromatic N) is 2. The third-order valence-electron chi connectivity index (χ3n) is 4.08. The lowest BCUT2D eigenvalue weighted by Crippen LogP contribution is -2.27. The van der Waals surface area contributed by atoms with Crippen molar-refractivity contribution in [1.29, 1.82) is 0 Å². The smallest absolute Gasteiger partial charge is 0.137 e. The van der Waals surface area contributed by atoms with Gasteiger partial charge in [-0.05, 0) is 44.5 Å². The van der Waals surface area contributed by atoms with Gasteiger partial charge >= 0.3 is 0 Å². The Kier molecular flexibility index (Phi) is 3.70. The maximum atomic E-state index is 4.66. The van der Waals surface area contributed by atoms with Gasteiger partial charge in [-0.2, -0.15) is 0 Å². The maximum Gasteiger partial charge on any atom is 0.137 e. The molecule has 3 rings (SSSR count). The standard InChI is InChI=1S/C17H21N3/c1-13(18-2)15-9-5-11-19-17(15)20-12-6-8-14-7-3-4-10-16(14)20/h3-5,7,9-11,13,18H,6,8,12H2,1-2H3. The van der Waals surface area contributed by atoms with Crippen molar-refractivity contribution in [2.45, 2.75) is 25.8 Å². The van der Waals surface area contributed by atoms with Gasteiger partial charge in [0.1, 0.15) is 5.82 Å². The molecule has 1 aliphatic rings. The van der Waals surface area contributed by atoms with Crippen LogP contribution < -0.4 is 10.2 Å². The van der Waals surface area contributed by atoms with Crippen LogP contribution in [-0.2, 0) is 6.42 Å². The number of hydrogen-bond donors (Lipinski definition) is 1. The van der Waals surface area contributed by atoms with E-state index < -0.39 is 0 Å². The lowest BCUT2D eigenvalue weighted by atomic mass is 10.0. The quantitative estimate of drug-likeness (QED) is 0.923. The largest absolute Gasteiger partial charge is 0.326 e. The van der Waals surface area contributed by atoms with Crippen LogP contribution in [0.2, 0.25) is 0 Å². The van der Waals surface area contributed by atoms with Crippen LogP contribution in [0.5, 0.6) is 0 Å². The Labute approximate surface area is 120 Å². The first-order chi connectivity index (χ1) is 9.81. The van der Waals surface area contributed by atoms with E-state index in [0.717, 1.165) is 18.8 Å². The SMILES string of the molecule is CNC(C)c1cccnc1N1CCCc2ccccc21. The Morgan fingerprint density at radius 3 is 2.90 bits per heavy atom. The molecule has 0 saturated heterocycles. The van der Waals surface area contributed by atoms with Crippen LogP contribution >= 0.6 is 0 Å². The average molecular weight is 267 g/mol. The van der Waals surface area contributed by atoms with Gasteiger partial charge in [0, 0.05) is 30.0 Å². The molecule has 3 nitrogen and oxygen atoms in total. The number of hydrogen-bond acceptors (Lipinski definition) is 3. The highest BCUT2D eigenvalue weighted by molar-refractivity contribution is 5.67. The first-order valence-electron chi connectivity index (χ1n) is 7.29. The summed E-state index contributed by atoms with van der Waals surface area (Å²) in [5.74, 6) is 1.08. The van der Waals surface area contributed by atoms with E-state index in [1.807, 2.05) is 19.3 Å². The second kappa shape index (κ2) is 5.63. The number of pyridine rings is 1. The number of rotatable bonds is 3. The molecule has 0 saturated carbocycles. The van der Waals surface area contributed by atoms with Gasteiger partial charge in [0.25, 0.3) is 0 Å². The summed E-state index contributed by atoms with van der Waals surface area (Å²) in [5, 5.41) is 3.32. The number of para-hydroxylation sites is 1. The fourth-order valence-corrected chi connectivity index (χ4v) is 2.88. The van der Waals surface area contributed by atoms with Gasteiger partial charge in [-0.1, -0.05) is 24.3 Å². The minimum atomic E-state index is 0.299. The zero-order valence-electron chi connectivity index (χ0n) is 12.1. The second-order valence-electron chi connectivity index (χ2n) is 5.31. The molecule has 1 aromatic heterocycles. The molecular weight excluding hydrogens is 246 g/mol. The number of nitrogens with one attached hydrogen (secondary N) is 1. The van der Waals surface area contributed by atoms with Crippen molar-refractivity contribution < 1.29 is 0 Å². The molecule has 104 valence electrons. The average Bonchev–Trinajstić information content (AvgIpc) is 2.53. The highest BCUT2D eigenvalue weighted by atomic mass is 15.2. The Hall–Kier alpha value is -1.87. The molecule has 0 bridgehead atoms. The van der Waals surface area contributed by atoms with E-state index in [1.165, 1.54) is 23.2 Å². The van der Waals surface area contributed by atoms with Gasteiger partial charge in [-0.25, -0.2) is 4.98 Å². The minimum absolute atomic E-state index is 0.299. The molecule has 0 fully saturated rings. The molecule has 0 aliphatic carbocycles. The molecule has 0 amide bonds. The van der Waals surface area contributed by atoms with Crippen molar-refractivity contribution in [3.63, 3.8) is 0 Å². The Balaban J connectivity index is 2.07. The maximum absolute atomic E-state index is 4.66. The number of aryl methyl sites for hydroxylation is 1. The van der Waals surface area contributed by atoms with E-state index in [9.17, 15) is 0 Å². The highest BCUT2D eigenvalue weighted by Crippen LogP contribution is 2.35. The molecule has 0 radical (unpaired) electrons. The molecule has 2 aromatic rings. The Morgan fingerprint density at radius 2 is 2.05 bits per heavy atom. The fourth-order valence-electron chi connectivity index (χ4n) is 2.88. The summed E-state index contributed by atoms with van der Waals surface area (Å²) in [4.78, 5) is 7.02. The summed E-state index contributed by atoms with van der Waals surface area (Å²) in [6.45, 7) is 3.22. The summed E-state index contributed by atoms with van der Waals surface area (Å²) < 4.78 is 0. The molecule has 1 unspecified atom stereocenters. The number of benzene rings is 1. The molecule has 20 heavy (non-hydrogen) atoms. The molecule has 1 atom stereocenters. The van der Waals surface area contributed by atoms with Gasteiger partial charge < -0.3 is 10.2 Å². The minimum Gasteiger partial charge on any atom is -0.326 e. The second-order valence-corrected chi connectivity index (χ2v) is 5.31. The molecule has 1 aromatic carbocycles. The van der Waals surface area contributed by atoms with E-state index >= 15 is 0 Å². The van der Waals surface area contributed by atoms with E-state index in [-0.39, 0.29) is 0 Å². The van der Waals surface area contributed by atoms with E-state index in [4.69, 9.17) is 0 Å². The number of fused-ring (bicyclic) bond motifs is 1. The zero-order chi connectivity index (χ0) is 13.9. The van der Waals surface area contributed by atoms with E-state index in [2.05, 4.69) is 52.5 Å².